The van der Waals surface area contributed by atoms with Crippen LogP contribution in [0.3, 0.4) is 0 Å². The van der Waals surface area contributed by atoms with E-state index >= 15 is 0 Å². The molecule has 0 heterocycles. The summed E-state index contributed by atoms with van der Waals surface area (Å²) in [4.78, 5) is 0. The summed E-state index contributed by atoms with van der Waals surface area (Å²) in [7, 11) is -3.99. The van der Waals surface area contributed by atoms with Crippen LogP contribution in [0.25, 0.3) is 43.1 Å². The van der Waals surface area contributed by atoms with Gasteiger partial charge in [0.25, 0.3) is 0 Å². The van der Waals surface area contributed by atoms with Crippen LogP contribution in [0.4, 0.5) is 0 Å². The van der Waals surface area contributed by atoms with Gasteiger partial charge in [0, 0.05) is 38.1 Å². The highest BCUT2D eigenvalue weighted by atomic mass is 31.2. The lowest BCUT2D eigenvalue weighted by Crippen LogP contribution is -2.25. The number of rotatable bonds is 15. The fraction of sp³-hybridized carbons (Fsp3) is 0.188. The van der Waals surface area contributed by atoms with Crippen LogP contribution >= 0.6 is 17.2 Å². The summed E-state index contributed by atoms with van der Waals surface area (Å²) in [6, 6.07) is 70.4. The Labute approximate surface area is 426 Å². The van der Waals surface area contributed by atoms with E-state index in [1.165, 1.54) is 11.1 Å². The van der Waals surface area contributed by atoms with Crippen molar-refractivity contribution in [3.05, 3.63) is 229 Å². The third-order valence-electron chi connectivity index (χ3n) is 13.6. The minimum Gasteiger partial charge on any atom is -0.408 e. The van der Waals surface area contributed by atoms with Gasteiger partial charge in [-0.3, -0.25) is 0 Å². The van der Waals surface area contributed by atoms with E-state index < -0.39 is 22.6 Å². The molecule has 6 nitrogen and oxygen atoms in total. The second-order valence-corrected chi connectivity index (χ2v) is 22.5. The number of fused-ring (bicyclic) bond motifs is 4. The third kappa shape index (κ3) is 10.2. The Bertz CT molecular complexity index is 3140. The standard InChI is InChI=1S/C64H60O6P2/c1-9-64(8,48-38-40-60(54(42-48)62(2,3)4)69-71(65-56-34-18-26-44-22-10-14-30-50(44)56)66-57-35-19-27-45-23-11-15-31-51(45)57)49-39-41-61(55(43-49)63(5,6)7)70-72(67-58-36-20-28-46-24-12-16-32-52(46)58)68-59-37-21-29-47-25-13-17-33-53(47)59/h10-43H,9H2,1-8H3. The van der Waals surface area contributed by atoms with Crippen molar-refractivity contribution in [1.29, 1.82) is 0 Å². The van der Waals surface area contributed by atoms with E-state index in [4.69, 9.17) is 27.1 Å². The Morgan fingerprint density at radius 1 is 0.306 bits per heavy atom. The Kier molecular flexibility index (Phi) is 13.6. The lowest BCUT2D eigenvalue weighted by Gasteiger charge is -2.34. The second kappa shape index (κ2) is 20.2. The van der Waals surface area contributed by atoms with E-state index in [2.05, 4.69) is 165 Å². The Hall–Kier alpha value is -7.10. The van der Waals surface area contributed by atoms with Gasteiger partial charge in [-0.2, -0.15) is 0 Å². The first-order valence-electron chi connectivity index (χ1n) is 24.6. The molecular formula is C64H60O6P2. The fourth-order valence-electron chi connectivity index (χ4n) is 9.35. The molecular weight excluding hydrogens is 927 g/mol. The third-order valence-corrected chi connectivity index (χ3v) is 15.7. The van der Waals surface area contributed by atoms with Crippen LogP contribution in [0, 0.1) is 0 Å². The molecule has 0 atom stereocenters. The van der Waals surface area contributed by atoms with Crippen LogP contribution < -0.4 is 27.1 Å². The normalized spacial score (nSPS) is 12.2. The second-order valence-electron chi connectivity index (χ2n) is 20.5. The van der Waals surface area contributed by atoms with Crippen LogP contribution in [-0.4, -0.2) is 0 Å². The average molecular weight is 987 g/mol. The monoisotopic (exact) mass is 986 g/mol. The number of benzene rings is 10. The number of hydrogen-bond donors (Lipinski definition) is 0. The molecule has 10 aromatic carbocycles. The molecule has 8 heteroatoms. The van der Waals surface area contributed by atoms with Gasteiger partial charge in [0.1, 0.15) is 34.5 Å². The molecule has 10 aromatic rings. The largest absolute Gasteiger partial charge is 0.530 e. The van der Waals surface area contributed by atoms with Gasteiger partial charge in [0.2, 0.25) is 0 Å². The first-order valence-corrected chi connectivity index (χ1v) is 26.8. The van der Waals surface area contributed by atoms with Gasteiger partial charge in [-0.25, -0.2) is 0 Å². The predicted octanol–water partition coefficient (Wildman–Crippen LogP) is 19.1. The summed E-state index contributed by atoms with van der Waals surface area (Å²) in [5.41, 5.74) is 3.43. The average Bonchev–Trinajstić information content (AvgIpc) is 3.38. The van der Waals surface area contributed by atoms with Gasteiger partial charge in [-0.15, -0.1) is 0 Å². The van der Waals surface area contributed by atoms with Crippen molar-refractivity contribution in [2.75, 3.05) is 0 Å². The highest BCUT2D eigenvalue weighted by Crippen LogP contribution is 2.52. The zero-order valence-corrected chi connectivity index (χ0v) is 44.0. The molecule has 0 fully saturated rings. The molecule has 72 heavy (non-hydrogen) atoms. The van der Waals surface area contributed by atoms with Crippen LogP contribution in [-0.2, 0) is 16.2 Å². The van der Waals surface area contributed by atoms with Crippen molar-refractivity contribution in [1.82, 2.24) is 0 Å². The Balaban J connectivity index is 1.01. The van der Waals surface area contributed by atoms with E-state index in [9.17, 15) is 0 Å². The molecule has 0 unspecified atom stereocenters. The zero-order valence-electron chi connectivity index (χ0n) is 42.2. The molecule has 10 rings (SSSR count). The predicted molar refractivity (Wildman–Crippen MR) is 300 cm³/mol. The summed E-state index contributed by atoms with van der Waals surface area (Å²) < 4.78 is 41.3. The van der Waals surface area contributed by atoms with E-state index in [0.717, 1.165) is 60.6 Å². The van der Waals surface area contributed by atoms with Gasteiger partial charge in [0.05, 0.1) is 0 Å². The van der Waals surface area contributed by atoms with E-state index in [0.29, 0.717) is 34.5 Å². The smallest absolute Gasteiger partial charge is 0.408 e. The number of hydrogen-bond acceptors (Lipinski definition) is 6. The molecule has 0 saturated heterocycles. The van der Waals surface area contributed by atoms with Gasteiger partial charge in [-0.05, 0) is 86.3 Å². The van der Waals surface area contributed by atoms with Crippen LogP contribution in [0.5, 0.6) is 34.5 Å². The quantitative estimate of drug-likeness (QED) is 0.0954. The molecule has 0 amide bonds. The summed E-state index contributed by atoms with van der Waals surface area (Å²) in [6.07, 6.45) is 0.836. The van der Waals surface area contributed by atoms with Crippen molar-refractivity contribution in [3.8, 4) is 34.5 Å². The SMILES string of the molecule is CCC(C)(c1ccc(OP(Oc2cccc3ccccc23)Oc2cccc3ccccc23)c(C(C)(C)C)c1)c1ccc(OP(Oc2cccc3ccccc23)Oc2cccc3ccccc23)c(C(C)(C)C)c1. The summed E-state index contributed by atoms with van der Waals surface area (Å²) in [6.45, 7) is 17.9. The maximum Gasteiger partial charge on any atom is 0.530 e. The van der Waals surface area contributed by atoms with Gasteiger partial charge < -0.3 is 27.1 Å². The summed E-state index contributed by atoms with van der Waals surface area (Å²) >= 11 is 0. The summed E-state index contributed by atoms with van der Waals surface area (Å²) in [5, 5.41) is 8.25. The topological polar surface area (TPSA) is 55.4 Å². The van der Waals surface area contributed by atoms with E-state index in [1.807, 2.05) is 97.1 Å². The van der Waals surface area contributed by atoms with Crippen molar-refractivity contribution in [2.45, 2.75) is 78.1 Å². The Morgan fingerprint density at radius 3 is 0.847 bits per heavy atom. The molecule has 0 N–H and O–H groups in total. The van der Waals surface area contributed by atoms with Crippen molar-refractivity contribution < 1.29 is 27.1 Å². The van der Waals surface area contributed by atoms with Crippen LogP contribution in [0.2, 0.25) is 0 Å². The highest BCUT2D eigenvalue weighted by Gasteiger charge is 2.35. The maximum absolute atomic E-state index is 7.02. The highest BCUT2D eigenvalue weighted by molar-refractivity contribution is 7.43. The molecule has 0 radical (unpaired) electrons. The lowest BCUT2D eigenvalue weighted by atomic mass is 9.71. The van der Waals surface area contributed by atoms with Crippen LogP contribution in [0.15, 0.2) is 206 Å². The molecule has 0 aliphatic heterocycles. The lowest BCUT2D eigenvalue weighted by molar-refractivity contribution is 0.384. The Morgan fingerprint density at radius 2 is 0.569 bits per heavy atom. The minimum absolute atomic E-state index is 0.306. The van der Waals surface area contributed by atoms with Gasteiger partial charge >= 0.3 is 17.2 Å². The molecule has 0 saturated carbocycles. The minimum atomic E-state index is -2.00. The molecule has 0 aliphatic rings. The molecule has 0 spiro atoms. The van der Waals surface area contributed by atoms with E-state index in [-0.39, 0.29) is 10.8 Å². The molecule has 0 bridgehead atoms. The van der Waals surface area contributed by atoms with Gasteiger partial charge in [-0.1, -0.05) is 225 Å². The fourth-order valence-corrected chi connectivity index (χ4v) is 11.5. The van der Waals surface area contributed by atoms with Gasteiger partial charge in [0.15, 0.2) is 0 Å². The zero-order chi connectivity index (χ0) is 50.0. The van der Waals surface area contributed by atoms with Crippen molar-refractivity contribution in [3.63, 3.8) is 0 Å². The molecule has 0 aromatic heterocycles. The first kappa shape index (κ1) is 48.5. The van der Waals surface area contributed by atoms with Crippen LogP contribution in [0.1, 0.15) is 84.1 Å². The first-order chi connectivity index (χ1) is 34.7. The van der Waals surface area contributed by atoms with E-state index in [1.54, 1.807) is 0 Å². The summed E-state index contributed by atoms with van der Waals surface area (Å²) in [5.74, 6) is 4.20. The molecule has 362 valence electrons. The van der Waals surface area contributed by atoms with Crippen molar-refractivity contribution in [2.24, 2.45) is 0 Å². The molecule has 0 aliphatic carbocycles. The van der Waals surface area contributed by atoms with Crippen molar-refractivity contribution >= 4 is 60.3 Å². The maximum atomic E-state index is 7.02.